The number of nitrogens with zero attached hydrogens (tertiary/aromatic N) is 2. The van der Waals surface area contributed by atoms with Gasteiger partial charge in [0.15, 0.2) is 0 Å². The van der Waals surface area contributed by atoms with Gasteiger partial charge in [-0.3, -0.25) is 0 Å². The van der Waals surface area contributed by atoms with E-state index >= 15 is 0 Å². The fraction of sp³-hybridized carbons (Fsp3) is 0.0455. The maximum atomic E-state index is 4.33. The molecule has 9 aromatic rings. The summed E-state index contributed by atoms with van der Waals surface area (Å²) >= 11 is 0. The predicted molar refractivity (Wildman–Crippen MR) is 197 cm³/mol. The van der Waals surface area contributed by atoms with Gasteiger partial charge in [-0.15, -0.1) is 0 Å². The third-order valence-electron chi connectivity index (χ3n) is 9.01. The van der Waals surface area contributed by atoms with Crippen LogP contribution < -0.4 is 0 Å². The Balaban J connectivity index is 0.00000153. The molecule has 0 aliphatic heterocycles. The minimum Gasteiger partial charge on any atom is -0.244 e. The third-order valence-corrected chi connectivity index (χ3v) is 9.01. The van der Waals surface area contributed by atoms with Crippen LogP contribution in [0, 0.1) is 0 Å². The quantitative estimate of drug-likeness (QED) is 0.152. The van der Waals surface area contributed by atoms with Gasteiger partial charge >= 0.3 is 0 Å². The van der Waals surface area contributed by atoms with E-state index in [4.69, 9.17) is 0 Å². The van der Waals surface area contributed by atoms with Gasteiger partial charge in [-0.1, -0.05) is 141 Å². The Morgan fingerprint density at radius 3 is 1.50 bits per heavy atom. The summed E-state index contributed by atoms with van der Waals surface area (Å²) in [7, 11) is 0. The molecule has 0 unspecified atom stereocenters. The van der Waals surface area contributed by atoms with E-state index < -0.39 is 0 Å². The first-order chi connectivity index (χ1) is 22.8. The van der Waals surface area contributed by atoms with Crippen LogP contribution in [0.4, 0.5) is 0 Å². The predicted octanol–water partition coefficient (Wildman–Crippen LogP) is 12.3. The average molecular weight is 589 g/mol. The fourth-order valence-corrected chi connectivity index (χ4v) is 7.03. The second-order valence-corrected chi connectivity index (χ2v) is 11.4. The van der Waals surface area contributed by atoms with Crippen molar-refractivity contribution in [2.45, 2.75) is 13.8 Å². The topological polar surface area (TPSA) is 25.8 Å². The van der Waals surface area contributed by atoms with Crippen molar-refractivity contribution in [2.75, 3.05) is 0 Å². The first-order valence-corrected chi connectivity index (χ1v) is 16.0. The van der Waals surface area contributed by atoms with Crippen molar-refractivity contribution in [2.24, 2.45) is 0 Å². The summed E-state index contributed by atoms with van der Waals surface area (Å²) in [4.78, 5) is 8.67. The van der Waals surface area contributed by atoms with Gasteiger partial charge in [0.2, 0.25) is 0 Å². The van der Waals surface area contributed by atoms with Crippen LogP contribution in [-0.4, -0.2) is 9.97 Å². The third kappa shape index (κ3) is 4.50. The van der Waals surface area contributed by atoms with Gasteiger partial charge < -0.3 is 0 Å². The smallest absolute Gasteiger partial charge is 0.115 e. The lowest BCUT2D eigenvalue weighted by molar-refractivity contribution is 1.17. The SMILES string of the molecule is CC.c1ccc2cc3c(ccc4c(-c5ccc(-c6c7ccccc7c(-c7cncnc7)c7ccccc67)cc5)cccc43)cc2c1. The van der Waals surface area contributed by atoms with Crippen molar-refractivity contribution in [3.05, 3.63) is 158 Å². The molecule has 0 N–H and O–H groups in total. The summed E-state index contributed by atoms with van der Waals surface area (Å²) in [5, 5.41) is 12.5. The molecule has 0 aliphatic carbocycles. The Labute approximate surface area is 268 Å². The summed E-state index contributed by atoms with van der Waals surface area (Å²) in [6, 6.07) is 51.0. The molecule has 0 bridgehead atoms. The summed E-state index contributed by atoms with van der Waals surface area (Å²) < 4.78 is 0. The van der Waals surface area contributed by atoms with Crippen LogP contribution in [-0.2, 0) is 0 Å². The monoisotopic (exact) mass is 588 g/mol. The normalized spacial score (nSPS) is 11.3. The molecule has 2 heteroatoms. The number of hydrogen-bond acceptors (Lipinski definition) is 2. The number of hydrogen-bond donors (Lipinski definition) is 0. The molecule has 0 aliphatic rings. The molecule has 0 amide bonds. The molecule has 2 nitrogen and oxygen atoms in total. The average Bonchev–Trinajstić information content (AvgIpc) is 3.14. The zero-order chi connectivity index (χ0) is 31.0. The van der Waals surface area contributed by atoms with Crippen molar-refractivity contribution in [3.63, 3.8) is 0 Å². The molecule has 218 valence electrons. The van der Waals surface area contributed by atoms with Crippen LogP contribution in [0.3, 0.4) is 0 Å². The number of rotatable bonds is 3. The fourth-order valence-electron chi connectivity index (χ4n) is 7.03. The Morgan fingerprint density at radius 2 is 0.870 bits per heavy atom. The molecule has 0 spiro atoms. The van der Waals surface area contributed by atoms with Gasteiger partial charge in [-0.05, 0) is 88.2 Å². The molecule has 0 saturated heterocycles. The van der Waals surface area contributed by atoms with E-state index in [1.165, 1.54) is 81.7 Å². The molecule has 0 atom stereocenters. The maximum absolute atomic E-state index is 4.33. The molecule has 46 heavy (non-hydrogen) atoms. The second-order valence-electron chi connectivity index (χ2n) is 11.4. The van der Waals surface area contributed by atoms with Gasteiger partial charge in [-0.2, -0.15) is 0 Å². The van der Waals surface area contributed by atoms with E-state index in [1.807, 2.05) is 26.2 Å². The van der Waals surface area contributed by atoms with E-state index in [0.717, 1.165) is 5.56 Å². The highest BCUT2D eigenvalue weighted by atomic mass is 14.8. The van der Waals surface area contributed by atoms with Crippen molar-refractivity contribution >= 4 is 53.9 Å². The molecule has 9 rings (SSSR count). The van der Waals surface area contributed by atoms with Crippen LogP contribution >= 0.6 is 0 Å². The molecule has 8 aromatic carbocycles. The van der Waals surface area contributed by atoms with E-state index in [2.05, 4.69) is 149 Å². The largest absolute Gasteiger partial charge is 0.244 e. The zero-order valence-corrected chi connectivity index (χ0v) is 25.9. The Morgan fingerprint density at radius 1 is 0.348 bits per heavy atom. The Bertz CT molecular complexity index is 2470. The lowest BCUT2D eigenvalue weighted by Crippen LogP contribution is -1.92. The second kappa shape index (κ2) is 11.6. The van der Waals surface area contributed by atoms with Gasteiger partial charge in [-0.25, -0.2) is 9.97 Å². The lowest BCUT2D eigenvalue weighted by Gasteiger charge is -2.17. The van der Waals surface area contributed by atoms with Crippen LogP contribution in [0.1, 0.15) is 13.8 Å². The van der Waals surface area contributed by atoms with Crippen molar-refractivity contribution in [1.82, 2.24) is 9.97 Å². The molecule has 0 radical (unpaired) electrons. The maximum Gasteiger partial charge on any atom is 0.115 e. The number of fused-ring (bicyclic) bond motifs is 6. The van der Waals surface area contributed by atoms with Crippen LogP contribution in [0.15, 0.2) is 158 Å². The van der Waals surface area contributed by atoms with Gasteiger partial charge in [0.05, 0.1) is 0 Å². The lowest BCUT2D eigenvalue weighted by atomic mass is 9.86. The Kier molecular flexibility index (Phi) is 6.96. The van der Waals surface area contributed by atoms with E-state index in [1.54, 1.807) is 6.33 Å². The minimum atomic E-state index is 1.03. The summed E-state index contributed by atoms with van der Waals surface area (Å²) in [5.74, 6) is 0. The minimum absolute atomic E-state index is 1.03. The zero-order valence-electron chi connectivity index (χ0n) is 25.9. The van der Waals surface area contributed by atoms with Gasteiger partial charge in [0.25, 0.3) is 0 Å². The van der Waals surface area contributed by atoms with Crippen molar-refractivity contribution in [3.8, 4) is 33.4 Å². The first kappa shape index (κ1) is 27.7. The van der Waals surface area contributed by atoms with Crippen LogP contribution in [0.5, 0.6) is 0 Å². The molecule has 0 fully saturated rings. The molecular formula is C44H32N2. The highest BCUT2D eigenvalue weighted by Gasteiger charge is 2.17. The van der Waals surface area contributed by atoms with Crippen molar-refractivity contribution in [1.29, 1.82) is 0 Å². The van der Waals surface area contributed by atoms with E-state index in [0.29, 0.717) is 0 Å². The Hall–Kier alpha value is -5.86. The first-order valence-electron chi connectivity index (χ1n) is 16.0. The van der Waals surface area contributed by atoms with E-state index in [9.17, 15) is 0 Å². The van der Waals surface area contributed by atoms with Gasteiger partial charge in [0.1, 0.15) is 6.33 Å². The van der Waals surface area contributed by atoms with Crippen LogP contribution in [0.2, 0.25) is 0 Å². The number of aromatic nitrogens is 2. The summed E-state index contributed by atoms with van der Waals surface area (Å²) in [6.07, 6.45) is 5.40. The number of benzene rings is 8. The van der Waals surface area contributed by atoms with Crippen LogP contribution in [0.25, 0.3) is 87.2 Å². The summed E-state index contributed by atoms with van der Waals surface area (Å²) in [5.41, 5.74) is 7.11. The highest BCUT2D eigenvalue weighted by Crippen LogP contribution is 2.44. The van der Waals surface area contributed by atoms with Crippen molar-refractivity contribution < 1.29 is 0 Å². The molecular weight excluding hydrogens is 556 g/mol. The molecule has 1 aromatic heterocycles. The summed E-state index contributed by atoms with van der Waals surface area (Å²) in [6.45, 7) is 4.00. The molecule has 1 heterocycles. The standard InChI is InChI=1S/C42H26N2.C2H6/c1-2-9-30-23-40-31(22-29(30)8-1)20-21-35-33(14-7-15-34(35)40)27-16-18-28(19-17-27)41-36-10-3-5-12-38(36)42(32-24-43-26-44-25-32)39-13-6-4-11-37(39)41;1-2/h1-26H;1-2H3. The van der Waals surface area contributed by atoms with Gasteiger partial charge in [0, 0.05) is 23.5 Å². The highest BCUT2D eigenvalue weighted by molar-refractivity contribution is 6.21. The molecule has 0 saturated carbocycles. The van der Waals surface area contributed by atoms with E-state index in [-0.39, 0.29) is 0 Å².